The smallest absolute Gasteiger partial charge is 2.00 e. The van der Waals surface area contributed by atoms with Gasteiger partial charge in [0.05, 0.1) is 149 Å². The molecule has 656 valence electrons. The number of rotatable bonds is 20. The summed E-state index contributed by atoms with van der Waals surface area (Å²) in [5.74, 6) is -1.08. The van der Waals surface area contributed by atoms with Crippen LogP contribution in [0, 0.1) is 34.0 Å². The third-order valence-electron chi connectivity index (χ3n) is 13.4. The molecular formula is C48H115Co3N8O33V10-34. The molecule has 102 heavy (non-hydrogen) atoms. The Hall–Kier alpha value is 3.86. The van der Waals surface area contributed by atoms with E-state index in [0.717, 1.165) is 6.92 Å². The summed E-state index contributed by atoms with van der Waals surface area (Å²) in [6.07, 6.45) is 0. The molecule has 3 N–H and O–H groups in total. The maximum atomic E-state index is 8.89. The third-order valence-corrected chi connectivity index (χ3v) is 13.4. The summed E-state index contributed by atoms with van der Waals surface area (Å²) in [5, 5.41) is 30.8. The van der Waals surface area contributed by atoms with Crippen LogP contribution in [0.25, 0.3) is 0 Å². The molecule has 0 aromatic carbocycles. The Kier molecular flexibility index (Phi) is 1290. The van der Waals surface area contributed by atoms with Gasteiger partial charge in [-0.2, -0.15) is 15.8 Å². The molecule has 0 aliphatic heterocycles. The van der Waals surface area contributed by atoms with Crippen molar-refractivity contribution in [2.75, 3.05) is 131 Å². The summed E-state index contributed by atoms with van der Waals surface area (Å²) >= 11 is 0. The van der Waals surface area contributed by atoms with Crippen molar-refractivity contribution in [3.63, 3.8) is 0 Å². The fourth-order valence-corrected chi connectivity index (χ4v) is 6.71. The van der Waals surface area contributed by atoms with Crippen molar-refractivity contribution in [3.05, 3.63) is 0 Å². The SMILES string of the molecule is CC#N.CC#N.CC#N.CC(=O)[O-].CC[N+](CC)(CC)CC.CC[N+](CC)(CC)CC.CC[N+](CC)(CC)CC.CC[N+](CC)(CC)CC.CC[N+](CC)(CC)CC.[Co+3].[Co+3].[Co+3].[O-2].[O-2].[O-2].[O-2].[O-2].[O-2].[O-2].[O-2].[O-2].[O-2].[O-2].[O-2].[O-2].[O-2].[O-2].[O-2].[O-2].[O-2].[O-2].[O-2].[O-2].[O-2].[O-2].[O-2].[O-2].[O-2].[O-2].[O-2].[O-2].[O-2].[OH3+].[V+4].[V+4].[V+4].[V].[V].[V].[V].[V].[V].[V]. The van der Waals surface area contributed by atoms with Crippen LogP contribution in [0.5, 0.6) is 0 Å². The van der Waals surface area contributed by atoms with Gasteiger partial charge in [0.2, 0.25) is 0 Å². The van der Waals surface area contributed by atoms with Gasteiger partial charge >= 0.3 is 106 Å². The van der Waals surface area contributed by atoms with Crippen molar-refractivity contribution in [2.24, 2.45) is 0 Å². The zero-order valence-electron chi connectivity index (χ0n) is 62.8. The van der Waals surface area contributed by atoms with Gasteiger partial charge in [-0.3, -0.25) is 0 Å². The van der Waals surface area contributed by atoms with E-state index in [2.05, 4.69) is 138 Å². The predicted molar refractivity (Wildman–Crippen MR) is 282 cm³/mol. The maximum absolute atomic E-state index is 8.89. The molecule has 0 atom stereocenters. The van der Waals surface area contributed by atoms with Crippen molar-refractivity contribution in [3.8, 4) is 18.2 Å². The molecule has 0 unspecified atom stereocenters. The molecule has 0 aromatic heterocycles. The van der Waals surface area contributed by atoms with Gasteiger partial charge in [-0.1, -0.05) is 0 Å². The van der Waals surface area contributed by atoms with Crippen LogP contribution in [0.4, 0.5) is 0 Å². The molecule has 54 heteroatoms. The zero-order valence-corrected chi connectivity index (χ0v) is 79.9. The van der Waals surface area contributed by atoms with Gasteiger partial charge in [-0.05, 0) is 145 Å². The first-order valence-corrected chi connectivity index (χ1v) is 23.5. The molecule has 0 aliphatic carbocycles. The molecule has 0 rings (SSSR count). The fraction of sp³-hybridized carbons (Fsp3) is 0.917. The fourth-order valence-electron chi connectivity index (χ4n) is 6.71. The van der Waals surface area contributed by atoms with E-state index in [9.17, 15) is 0 Å². The minimum Gasteiger partial charge on any atom is -2.00 e. The molecule has 0 fully saturated rings. The average Bonchev–Trinajstić information content (AvgIpc) is 3.25. The first-order chi connectivity index (χ1) is 27.2. The van der Waals surface area contributed by atoms with Crippen molar-refractivity contribution >= 4 is 5.97 Å². The second-order valence-corrected chi connectivity index (χ2v) is 14.2. The normalized spacial score (nSPS) is 5.77. The van der Waals surface area contributed by atoms with Crippen molar-refractivity contribution in [1.29, 1.82) is 15.8 Å². The van der Waals surface area contributed by atoms with E-state index in [-0.39, 0.29) is 406 Å². The molecular weight excluding hydrogens is 1900 g/mol. The van der Waals surface area contributed by atoms with Crippen LogP contribution in [-0.2, 0) is 410 Å². The molecule has 10 radical (unpaired) electrons. The second kappa shape index (κ2) is 316. The van der Waals surface area contributed by atoms with Gasteiger partial charge in [-0.25, -0.2) is 0 Å². The van der Waals surface area contributed by atoms with E-state index in [1.54, 1.807) is 18.2 Å². The minimum absolute atomic E-state index is 0. The van der Waals surface area contributed by atoms with Crippen LogP contribution in [0.3, 0.4) is 0 Å². The van der Waals surface area contributed by atoms with Crippen LogP contribution in [0.15, 0.2) is 0 Å². The van der Waals surface area contributed by atoms with E-state index < -0.39 is 5.97 Å². The topological polar surface area (TPSA) is 1000 Å². The first-order valence-electron chi connectivity index (χ1n) is 23.5. The van der Waals surface area contributed by atoms with Crippen LogP contribution in [-0.4, -0.2) is 159 Å². The number of quaternary nitrogens is 5. The molecule has 0 heterocycles. The quantitative estimate of drug-likeness (QED) is 0.116. The summed E-state index contributed by atoms with van der Waals surface area (Å²) in [6.45, 7) is 76.4. The Morgan fingerprint density at radius 3 is 0.245 bits per heavy atom. The number of carbonyl (C=O) groups excluding carboxylic acids is 1. The van der Waals surface area contributed by atoms with E-state index in [4.69, 9.17) is 25.7 Å². The van der Waals surface area contributed by atoms with Gasteiger partial charge < -0.3 is 202 Å². The Morgan fingerprint density at radius 2 is 0.245 bits per heavy atom. The largest absolute Gasteiger partial charge is 4.00 e. The van der Waals surface area contributed by atoms with Crippen LogP contribution >= 0.6 is 0 Å². The van der Waals surface area contributed by atoms with E-state index >= 15 is 0 Å². The van der Waals surface area contributed by atoms with Crippen LogP contribution in [0.2, 0.25) is 0 Å². The van der Waals surface area contributed by atoms with Gasteiger partial charge in [0.25, 0.3) is 0 Å². The Balaban J connectivity index is -0.00000000501. The number of nitrogens with zero attached hydrogens (tertiary/aromatic N) is 8. The average molecular weight is 2020 g/mol. The maximum Gasteiger partial charge on any atom is 4.00 e. The molecule has 0 bridgehead atoms. The summed E-state index contributed by atoms with van der Waals surface area (Å²) in [7, 11) is 0. The van der Waals surface area contributed by atoms with Crippen molar-refractivity contribution in [1.82, 2.24) is 0 Å². The summed E-state index contributed by atoms with van der Waals surface area (Å²) < 4.78 is 6.39. The first kappa shape index (κ1) is 417. The molecule has 0 aromatic rings. The van der Waals surface area contributed by atoms with Gasteiger partial charge in [0.1, 0.15) is 0 Å². The summed E-state index contributed by atoms with van der Waals surface area (Å²) in [4.78, 5) is 8.89. The number of hydrogen-bond acceptors (Lipinski definition) is 5. The van der Waals surface area contributed by atoms with Crippen molar-refractivity contribution in [2.45, 2.75) is 166 Å². The number of hydrogen-bond donors (Lipinski definition) is 0. The molecule has 0 amide bonds. The molecule has 0 aliphatic rings. The number of carboxylic acids is 1. The van der Waals surface area contributed by atoms with E-state index in [0.29, 0.717) is 0 Å². The summed E-state index contributed by atoms with van der Waals surface area (Å²) in [6, 6.07) is 5.25. The van der Waals surface area contributed by atoms with Gasteiger partial charge in [-0.15, -0.1) is 0 Å². The zero-order chi connectivity index (χ0) is 48.3. The second-order valence-electron chi connectivity index (χ2n) is 14.2. The number of carboxylic acid groups (broad SMARTS) is 1. The number of aliphatic carboxylic acids is 1. The van der Waals surface area contributed by atoms with Crippen molar-refractivity contribution < 1.29 is 438 Å². The molecule has 0 saturated carbocycles. The van der Waals surface area contributed by atoms with E-state index in [1.165, 1.54) is 174 Å². The van der Waals surface area contributed by atoms with Gasteiger partial charge in [0, 0.05) is 157 Å². The van der Waals surface area contributed by atoms with Crippen LogP contribution < -0.4 is 5.11 Å². The molecule has 0 spiro atoms. The Labute approximate surface area is 767 Å². The number of nitriles is 3. The predicted octanol–water partition coefficient (Wildman–Crippen LogP) is 5.24. The molecule has 41 nitrogen and oxygen atoms in total. The molecule has 0 saturated heterocycles. The van der Waals surface area contributed by atoms with E-state index in [1.807, 2.05) is 0 Å². The minimum atomic E-state index is -1.08. The van der Waals surface area contributed by atoms with Crippen LogP contribution in [0.1, 0.15) is 166 Å². The Bertz CT molecular complexity index is 804. The van der Waals surface area contributed by atoms with Gasteiger partial charge in [0.15, 0.2) is 0 Å². The summed E-state index contributed by atoms with van der Waals surface area (Å²) in [5.41, 5.74) is 0. The Morgan fingerprint density at radius 1 is 0.225 bits per heavy atom. The monoisotopic (exact) mass is 2020 g/mol. The third kappa shape index (κ3) is 269. The number of carbonyl (C=O) groups is 1. The standard InChI is InChI=1S/5C8H20N.3C2H3N.C2H4O2.3Co.H2O.30O.10V/c5*1-5-9(6-2,7-3)8-4;3*1-2-3;1-2(3)4;;;;;;;;;;;;;;;;;;;;;;;;;;;;;;;;;;;;;;;;;;;;/h5*5-8H2,1-4H3;3*1H3;1H3,(H,3,4);;;;1H2;;;;;;;;;;;;;;;;;;;;;;;;;;;;;;;;;;;;;;;;/q5*+1;;;;;3*+3;;30*-2;;;;;;;;3*+4.